The van der Waals surface area contributed by atoms with Crippen LogP contribution in [-0.2, 0) is 0 Å². The van der Waals surface area contributed by atoms with E-state index in [9.17, 15) is 10.4 Å². The standard InChI is InChI=1S/C16H15N3OS3/c17-9-11(15-18-12-5-1-2-6-14(12)23-15)13(20)10-22-16(21)19-7-3-4-8-19/h1-2,5-6,20H,3-4,7-8,10H2/b13-11-. The summed E-state index contributed by atoms with van der Waals surface area (Å²) >= 11 is 8.20. The van der Waals surface area contributed by atoms with E-state index in [1.54, 1.807) is 0 Å². The smallest absolute Gasteiger partial charge is 0.138 e. The van der Waals surface area contributed by atoms with Gasteiger partial charge in [-0.2, -0.15) is 5.26 Å². The van der Waals surface area contributed by atoms with Crippen molar-refractivity contribution in [3.63, 3.8) is 0 Å². The molecule has 3 rings (SSSR count). The van der Waals surface area contributed by atoms with Crippen molar-refractivity contribution in [2.24, 2.45) is 0 Å². The molecule has 7 heteroatoms. The third kappa shape index (κ3) is 3.66. The zero-order chi connectivity index (χ0) is 16.2. The van der Waals surface area contributed by atoms with Gasteiger partial charge in [-0.05, 0) is 25.0 Å². The predicted molar refractivity (Wildman–Crippen MR) is 101 cm³/mol. The molecule has 118 valence electrons. The molecule has 1 saturated heterocycles. The molecule has 1 fully saturated rings. The van der Waals surface area contributed by atoms with E-state index in [1.165, 1.54) is 23.1 Å². The molecule has 0 spiro atoms. The average molecular weight is 362 g/mol. The second-order valence-corrected chi connectivity index (χ2v) is 7.81. The number of thiocarbonyl (C=S) groups is 1. The Morgan fingerprint density at radius 3 is 2.83 bits per heavy atom. The van der Waals surface area contributed by atoms with Gasteiger partial charge in [0, 0.05) is 13.1 Å². The zero-order valence-corrected chi connectivity index (χ0v) is 14.8. The Labute approximate surface area is 148 Å². The summed E-state index contributed by atoms with van der Waals surface area (Å²) in [5.74, 6) is 0.340. The van der Waals surface area contributed by atoms with Gasteiger partial charge in [0.05, 0.1) is 16.0 Å². The van der Waals surface area contributed by atoms with Crippen LogP contribution in [0.4, 0.5) is 0 Å². The van der Waals surface area contributed by atoms with Crippen LogP contribution < -0.4 is 0 Å². The van der Waals surface area contributed by atoms with Crippen molar-refractivity contribution in [2.75, 3.05) is 18.8 Å². The van der Waals surface area contributed by atoms with Crippen molar-refractivity contribution >= 4 is 55.4 Å². The number of fused-ring (bicyclic) bond motifs is 1. The van der Waals surface area contributed by atoms with Gasteiger partial charge in [0.2, 0.25) is 0 Å². The number of rotatable bonds is 3. The topological polar surface area (TPSA) is 60.1 Å². The molecule has 2 heterocycles. The fourth-order valence-electron chi connectivity index (χ4n) is 2.41. The molecule has 1 aliphatic heterocycles. The highest BCUT2D eigenvalue weighted by molar-refractivity contribution is 8.23. The Hall–Kier alpha value is -1.62. The molecule has 4 nitrogen and oxygen atoms in total. The lowest BCUT2D eigenvalue weighted by Crippen LogP contribution is -2.23. The van der Waals surface area contributed by atoms with E-state index in [1.807, 2.05) is 24.3 Å². The molecule has 1 aromatic heterocycles. The summed E-state index contributed by atoms with van der Waals surface area (Å²) in [7, 11) is 0. The second kappa shape index (κ2) is 7.30. The van der Waals surface area contributed by atoms with Crippen LogP contribution in [0.2, 0.25) is 0 Å². The number of benzene rings is 1. The van der Waals surface area contributed by atoms with E-state index in [0.29, 0.717) is 10.8 Å². The van der Waals surface area contributed by atoms with Crippen LogP contribution in [-0.4, -0.2) is 38.2 Å². The van der Waals surface area contributed by atoms with Crippen molar-refractivity contribution in [2.45, 2.75) is 12.8 Å². The summed E-state index contributed by atoms with van der Waals surface area (Å²) in [5, 5.41) is 20.3. The number of para-hydroxylation sites is 1. The first kappa shape index (κ1) is 16.2. The van der Waals surface area contributed by atoms with E-state index in [0.717, 1.165) is 40.5 Å². The van der Waals surface area contributed by atoms with Gasteiger partial charge in [-0.25, -0.2) is 4.98 Å². The summed E-state index contributed by atoms with van der Waals surface area (Å²) in [5.41, 5.74) is 1.08. The molecular weight excluding hydrogens is 346 g/mol. The molecule has 0 aliphatic carbocycles. The van der Waals surface area contributed by atoms with Crippen molar-refractivity contribution in [1.82, 2.24) is 9.88 Å². The quantitative estimate of drug-likeness (QED) is 0.502. The normalized spacial score (nSPS) is 15.5. The van der Waals surface area contributed by atoms with Crippen LogP contribution >= 0.6 is 35.3 Å². The van der Waals surface area contributed by atoms with E-state index in [-0.39, 0.29) is 11.3 Å². The number of nitriles is 1. The number of hydrogen-bond acceptors (Lipinski definition) is 6. The average Bonchev–Trinajstić information content (AvgIpc) is 3.22. The molecule has 1 aliphatic rings. The fourth-order valence-corrected chi connectivity index (χ4v) is 4.52. The van der Waals surface area contributed by atoms with E-state index in [2.05, 4.69) is 16.0 Å². The van der Waals surface area contributed by atoms with Gasteiger partial charge < -0.3 is 10.0 Å². The lowest BCUT2D eigenvalue weighted by molar-refractivity contribution is 0.421. The number of aromatic nitrogens is 1. The summed E-state index contributed by atoms with van der Waals surface area (Å²) in [6, 6.07) is 9.78. The minimum atomic E-state index is 0.0399. The Morgan fingerprint density at radius 1 is 1.39 bits per heavy atom. The van der Waals surface area contributed by atoms with Gasteiger partial charge in [0.1, 0.15) is 26.7 Å². The molecular formula is C16H15N3OS3. The van der Waals surface area contributed by atoms with Crippen molar-refractivity contribution < 1.29 is 5.11 Å². The minimum Gasteiger partial charge on any atom is -0.510 e. The predicted octanol–water partition coefficient (Wildman–Crippen LogP) is 4.20. The first-order valence-corrected chi connectivity index (χ1v) is 9.50. The third-order valence-electron chi connectivity index (χ3n) is 3.60. The molecule has 0 radical (unpaired) electrons. The molecule has 1 N–H and O–H groups in total. The van der Waals surface area contributed by atoms with Crippen LogP contribution in [0.3, 0.4) is 0 Å². The summed E-state index contributed by atoms with van der Waals surface area (Å²) in [6.45, 7) is 1.97. The number of nitrogens with zero attached hydrogens (tertiary/aromatic N) is 3. The van der Waals surface area contributed by atoms with Gasteiger partial charge >= 0.3 is 0 Å². The van der Waals surface area contributed by atoms with Crippen molar-refractivity contribution in [3.05, 3.63) is 35.0 Å². The van der Waals surface area contributed by atoms with Gasteiger partial charge in [0.25, 0.3) is 0 Å². The monoisotopic (exact) mass is 361 g/mol. The number of hydrogen-bond donors (Lipinski definition) is 1. The Bertz CT molecular complexity index is 767. The number of aliphatic hydroxyl groups excluding tert-OH is 1. The maximum atomic E-state index is 10.3. The Kier molecular flexibility index (Phi) is 5.16. The highest BCUT2D eigenvalue weighted by Gasteiger charge is 2.18. The minimum absolute atomic E-state index is 0.0399. The first-order valence-electron chi connectivity index (χ1n) is 7.29. The zero-order valence-electron chi connectivity index (χ0n) is 12.4. The fraction of sp³-hybridized carbons (Fsp3) is 0.312. The van der Waals surface area contributed by atoms with Gasteiger partial charge in [-0.1, -0.05) is 36.1 Å². The number of allylic oxidation sites excluding steroid dienone is 1. The van der Waals surface area contributed by atoms with Crippen LogP contribution in [0.1, 0.15) is 17.8 Å². The van der Waals surface area contributed by atoms with Crippen molar-refractivity contribution in [1.29, 1.82) is 5.26 Å². The molecule has 0 amide bonds. The number of likely N-dealkylation sites (tertiary alicyclic amines) is 1. The van der Waals surface area contributed by atoms with Gasteiger partial charge in [0.15, 0.2) is 0 Å². The SMILES string of the molecule is N#C/C(=C(/O)CSC(=S)N1CCCC1)c1nc2ccccc2s1. The van der Waals surface area contributed by atoms with E-state index >= 15 is 0 Å². The maximum absolute atomic E-state index is 10.3. The summed E-state index contributed by atoms with van der Waals surface area (Å²) < 4.78 is 1.79. The molecule has 23 heavy (non-hydrogen) atoms. The van der Waals surface area contributed by atoms with Crippen LogP contribution in [0.25, 0.3) is 15.8 Å². The number of thiazole rings is 1. The van der Waals surface area contributed by atoms with Crippen LogP contribution in [0.15, 0.2) is 30.0 Å². The first-order chi connectivity index (χ1) is 11.2. The molecule has 0 atom stereocenters. The molecule has 2 aromatic rings. The second-order valence-electron chi connectivity index (χ2n) is 5.17. The van der Waals surface area contributed by atoms with E-state index in [4.69, 9.17) is 12.2 Å². The maximum Gasteiger partial charge on any atom is 0.138 e. The molecule has 0 bridgehead atoms. The van der Waals surface area contributed by atoms with Crippen LogP contribution in [0, 0.1) is 11.3 Å². The highest BCUT2D eigenvalue weighted by atomic mass is 32.2. The van der Waals surface area contributed by atoms with Gasteiger partial charge in [-0.15, -0.1) is 11.3 Å². The lowest BCUT2D eigenvalue weighted by Gasteiger charge is -2.17. The Morgan fingerprint density at radius 2 is 2.13 bits per heavy atom. The highest BCUT2D eigenvalue weighted by Crippen LogP contribution is 2.29. The van der Waals surface area contributed by atoms with E-state index < -0.39 is 0 Å². The number of aliphatic hydroxyl groups is 1. The molecule has 0 saturated carbocycles. The number of thioether (sulfide) groups is 1. The molecule has 0 unspecified atom stereocenters. The summed E-state index contributed by atoms with van der Waals surface area (Å²) in [4.78, 5) is 6.58. The van der Waals surface area contributed by atoms with Gasteiger partial charge in [-0.3, -0.25) is 0 Å². The Balaban J connectivity index is 1.76. The molecule has 1 aromatic carbocycles. The largest absolute Gasteiger partial charge is 0.510 e. The third-order valence-corrected chi connectivity index (χ3v) is 6.19. The lowest BCUT2D eigenvalue weighted by atomic mass is 10.2. The van der Waals surface area contributed by atoms with Crippen molar-refractivity contribution in [3.8, 4) is 6.07 Å². The van der Waals surface area contributed by atoms with Crippen LogP contribution in [0.5, 0.6) is 0 Å². The summed E-state index contributed by atoms with van der Waals surface area (Å²) in [6.07, 6.45) is 2.33.